The first-order valence-corrected chi connectivity index (χ1v) is 6.22. The molecule has 1 atom stereocenters. The van der Waals surface area contributed by atoms with E-state index in [2.05, 4.69) is 28.0 Å². The van der Waals surface area contributed by atoms with Gasteiger partial charge < -0.3 is 0 Å². The normalized spacial score (nSPS) is 14.1. The summed E-state index contributed by atoms with van der Waals surface area (Å²) in [7, 11) is 0. The van der Waals surface area contributed by atoms with Crippen LogP contribution in [-0.2, 0) is 12.7 Å². The maximum absolute atomic E-state index is 12.2. The Morgan fingerprint density at radius 2 is 2.12 bits per heavy atom. The number of rotatable bonds is 5. The van der Waals surface area contributed by atoms with E-state index in [-0.39, 0.29) is 0 Å². The largest absolute Gasteiger partial charge is 0.435 e. The quantitative estimate of drug-likeness (QED) is 0.758. The molecule has 1 heterocycles. The van der Waals surface area contributed by atoms with Gasteiger partial charge in [0.05, 0.1) is 0 Å². The van der Waals surface area contributed by atoms with Crippen LogP contribution in [0.1, 0.15) is 25.5 Å². The fourth-order valence-electron chi connectivity index (χ4n) is 1.32. The summed E-state index contributed by atoms with van der Waals surface area (Å²) in [5.41, 5.74) is -0.819. The molecule has 0 radical (unpaired) electrons. The van der Waals surface area contributed by atoms with E-state index >= 15 is 0 Å². The Kier molecular flexibility index (Phi) is 4.83. The Bertz CT molecular complexity index is 322. The van der Waals surface area contributed by atoms with Crippen LogP contribution in [0.5, 0.6) is 0 Å². The minimum atomic E-state index is -4.34. The Balaban J connectivity index is 2.47. The Morgan fingerprint density at radius 3 is 2.62 bits per heavy atom. The van der Waals surface area contributed by atoms with Gasteiger partial charge in [0.25, 0.3) is 0 Å². The lowest BCUT2D eigenvalue weighted by atomic mass is 10.1. The van der Waals surface area contributed by atoms with E-state index in [1.807, 2.05) is 0 Å². The van der Waals surface area contributed by atoms with Gasteiger partial charge in [-0.15, -0.1) is 0 Å². The van der Waals surface area contributed by atoms with Crippen molar-refractivity contribution in [1.82, 2.24) is 9.78 Å². The van der Waals surface area contributed by atoms with Crippen molar-refractivity contribution >= 4 is 15.9 Å². The Hall–Kier alpha value is -0.520. The number of aryl methyl sites for hydroxylation is 1. The fraction of sp³-hybridized carbons (Fsp3) is 0.700. The van der Waals surface area contributed by atoms with Crippen LogP contribution < -0.4 is 0 Å². The van der Waals surface area contributed by atoms with Crippen molar-refractivity contribution < 1.29 is 13.2 Å². The third-order valence-electron chi connectivity index (χ3n) is 2.38. The number of aromatic nitrogens is 2. The number of halogens is 4. The number of hydrogen-bond donors (Lipinski definition) is 0. The second-order valence-electron chi connectivity index (χ2n) is 3.83. The summed E-state index contributed by atoms with van der Waals surface area (Å²) in [6.07, 6.45) is -1.10. The van der Waals surface area contributed by atoms with Gasteiger partial charge in [0.2, 0.25) is 0 Å². The van der Waals surface area contributed by atoms with Gasteiger partial charge in [-0.25, -0.2) is 0 Å². The predicted octanol–water partition coefficient (Wildman–Crippen LogP) is 3.71. The van der Waals surface area contributed by atoms with E-state index in [1.165, 1.54) is 10.9 Å². The molecule has 1 aromatic rings. The van der Waals surface area contributed by atoms with E-state index in [0.29, 0.717) is 12.5 Å². The molecule has 0 spiro atoms. The minimum Gasteiger partial charge on any atom is -0.272 e. The second-order valence-corrected chi connectivity index (χ2v) is 4.63. The minimum absolute atomic E-state index is 0.484. The first kappa shape index (κ1) is 13.5. The summed E-state index contributed by atoms with van der Waals surface area (Å²) in [4.78, 5) is 0. The number of nitrogens with zero attached hydrogens (tertiary/aromatic N) is 2. The molecule has 0 aromatic carbocycles. The Labute approximate surface area is 101 Å². The lowest BCUT2D eigenvalue weighted by Crippen LogP contribution is -2.09. The van der Waals surface area contributed by atoms with Crippen molar-refractivity contribution in [3.05, 3.63) is 18.0 Å². The molecule has 16 heavy (non-hydrogen) atoms. The molecule has 0 bridgehead atoms. The highest BCUT2D eigenvalue weighted by Crippen LogP contribution is 2.27. The molecule has 0 saturated heterocycles. The van der Waals surface area contributed by atoms with Gasteiger partial charge in [0, 0.05) is 18.1 Å². The van der Waals surface area contributed by atoms with Gasteiger partial charge in [-0.3, -0.25) is 4.68 Å². The molecule has 0 saturated carbocycles. The van der Waals surface area contributed by atoms with Gasteiger partial charge in [-0.1, -0.05) is 22.9 Å². The standard InChI is InChI=1S/C10H14BrF3N2/c1-8(2-5-11)3-6-16-7-4-9(15-16)10(12,13)14/h4,7-8H,2-3,5-6H2,1H3. The summed E-state index contributed by atoms with van der Waals surface area (Å²) >= 11 is 3.34. The van der Waals surface area contributed by atoms with Crippen LogP contribution in [0, 0.1) is 5.92 Å². The van der Waals surface area contributed by atoms with Crippen LogP contribution in [0.15, 0.2) is 12.3 Å². The average molecular weight is 299 g/mol. The molecular formula is C10H14BrF3N2. The zero-order valence-corrected chi connectivity index (χ0v) is 10.6. The van der Waals surface area contributed by atoms with Crippen LogP contribution in [0.3, 0.4) is 0 Å². The second kappa shape index (κ2) is 5.70. The fourth-order valence-corrected chi connectivity index (χ4v) is 2.10. The van der Waals surface area contributed by atoms with E-state index in [0.717, 1.165) is 24.2 Å². The smallest absolute Gasteiger partial charge is 0.272 e. The molecule has 2 nitrogen and oxygen atoms in total. The highest BCUT2D eigenvalue weighted by atomic mass is 79.9. The maximum atomic E-state index is 12.2. The number of hydrogen-bond acceptors (Lipinski definition) is 1. The lowest BCUT2D eigenvalue weighted by Gasteiger charge is -2.09. The highest BCUT2D eigenvalue weighted by molar-refractivity contribution is 9.09. The van der Waals surface area contributed by atoms with Crippen molar-refractivity contribution in [2.45, 2.75) is 32.5 Å². The third-order valence-corrected chi connectivity index (χ3v) is 2.84. The molecule has 0 amide bonds. The van der Waals surface area contributed by atoms with Crippen LogP contribution in [0.25, 0.3) is 0 Å². The zero-order chi connectivity index (χ0) is 12.2. The topological polar surface area (TPSA) is 17.8 Å². The first-order valence-electron chi connectivity index (χ1n) is 5.10. The van der Waals surface area contributed by atoms with E-state index < -0.39 is 11.9 Å². The molecule has 0 aliphatic heterocycles. The van der Waals surface area contributed by atoms with Gasteiger partial charge in [-0.05, 0) is 24.8 Å². The molecule has 0 N–H and O–H groups in total. The predicted molar refractivity (Wildman–Crippen MR) is 59.4 cm³/mol. The summed E-state index contributed by atoms with van der Waals surface area (Å²) in [5.74, 6) is 0.484. The summed E-state index contributed by atoms with van der Waals surface area (Å²) in [5, 5.41) is 4.41. The van der Waals surface area contributed by atoms with E-state index in [1.54, 1.807) is 0 Å². The van der Waals surface area contributed by atoms with Crippen LogP contribution in [-0.4, -0.2) is 15.1 Å². The third kappa shape index (κ3) is 4.15. The number of alkyl halides is 4. The molecular weight excluding hydrogens is 285 g/mol. The molecule has 6 heteroatoms. The van der Waals surface area contributed by atoms with Gasteiger partial charge in [0.1, 0.15) is 0 Å². The van der Waals surface area contributed by atoms with Crippen LogP contribution in [0.2, 0.25) is 0 Å². The molecule has 0 aliphatic carbocycles. The van der Waals surface area contributed by atoms with Crippen molar-refractivity contribution in [3.63, 3.8) is 0 Å². The van der Waals surface area contributed by atoms with E-state index in [4.69, 9.17) is 0 Å². The monoisotopic (exact) mass is 298 g/mol. The van der Waals surface area contributed by atoms with Crippen LogP contribution >= 0.6 is 15.9 Å². The zero-order valence-electron chi connectivity index (χ0n) is 8.97. The summed E-state index contributed by atoms with van der Waals surface area (Å²) < 4.78 is 38.1. The van der Waals surface area contributed by atoms with Gasteiger partial charge in [0.15, 0.2) is 5.69 Å². The van der Waals surface area contributed by atoms with E-state index in [9.17, 15) is 13.2 Å². The Morgan fingerprint density at radius 1 is 1.44 bits per heavy atom. The van der Waals surface area contributed by atoms with Crippen molar-refractivity contribution in [3.8, 4) is 0 Å². The molecule has 1 aromatic heterocycles. The molecule has 1 rings (SSSR count). The van der Waals surface area contributed by atoms with Crippen molar-refractivity contribution in [1.29, 1.82) is 0 Å². The molecule has 92 valence electrons. The van der Waals surface area contributed by atoms with Gasteiger partial charge >= 0.3 is 6.18 Å². The van der Waals surface area contributed by atoms with Gasteiger partial charge in [-0.2, -0.15) is 18.3 Å². The summed E-state index contributed by atoms with van der Waals surface area (Å²) in [6.45, 7) is 2.61. The first-order chi connectivity index (χ1) is 7.43. The van der Waals surface area contributed by atoms with Crippen LogP contribution in [0.4, 0.5) is 13.2 Å². The molecule has 0 fully saturated rings. The van der Waals surface area contributed by atoms with Crippen molar-refractivity contribution in [2.24, 2.45) is 5.92 Å². The molecule has 0 aliphatic rings. The highest BCUT2D eigenvalue weighted by Gasteiger charge is 2.33. The maximum Gasteiger partial charge on any atom is 0.435 e. The molecule has 1 unspecified atom stereocenters. The summed E-state index contributed by atoms with van der Waals surface area (Å²) in [6, 6.07) is 1.01. The lowest BCUT2D eigenvalue weighted by molar-refractivity contribution is -0.141. The average Bonchev–Trinajstić information content (AvgIpc) is 2.63. The van der Waals surface area contributed by atoms with Crippen molar-refractivity contribution in [2.75, 3.05) is 5.33 Å². The SMILES string of the molecule is CC(CCBr)CCn1ccc(C(F)(F)F)n1.